The Hall–Kier alpha value is -1.30. The normalized spacial score (nSPS) is 11.2. The molecule has 0 spiro atoms. The average molecular weight is 263 g/mol. The first-order valence-electron chi connectivity index (χ1n) is 4.98. The molecule has 2 nitrogen and oxygen atoms in total. The summed E-state index contributed by atoms with van der Waals surface area (Å²) in [6, 6.07) is 4.57. The van der Waals surface area contributed by atoms with E-state index >= 15 is 0 Å². The fourth-order valence-corrected chi connectivity index (χ4v) is 1.32. The standard InChI is InChI=1S/C11H12F3NOS/c12-11(13,14)8-3-5-9(6-4-8)16-7-1-2-10(15)17/h3-6H,1-2,7H2,(H2,15,17). The number of ether oxygens (including phenoxy) is 1. The molecule has 0 aliphatic carbocycles. The highest BCUT2D eigenvalue weighted by Crippen LogP contribution is 2.30. The molecule has 0 aromatic heterocycles. The van der Waals surface area contributed by atoms with Gasteiger partial charge in [0.25, 0.3) is 0 Å². The third kappa shape index (κ3) is 5.04. The van der Waals surface area contributed by atoms with E-state index in [1.165, 1.54) is 12.1 Å². The van der Waals surface area contributed by atoms with Crippen molar-refractivity contribution in [3.05, 3.63) is 29.8 Å². The van der Waals surface area contributed by atoms with E-state index in [9.17, 15) is 13.2 Å². The second-order valence-corrected chi connectivity index (χ2v) is 3.96. The fourth-order valence-electron chi connectivity index (χ4n) is 1.18. The minimum Gasteiger partial charge on any atom is -0.494 e. The van der Waals surface area contributed by atoms with Gasteiger partial charge in [-0.15, -0.1) is 0 Å². The summed E-state index contributed by atoms with van der Waals surface area (Å²) in [5, 5.41) is 0. The molecular weight excluding hydrogens is 251 g/mol. The Labute approximate surface area is 103 Å². The molecule has 0 aliphatic heterocycles. The lowest BCUT2D eigenvalue weighted by Gasteiger charge is -2.08. The van der Waals surface area contributed by atoms with Gasteiger partial charge in [0.15, 0.2) is 0 Å². The van der Waals surface area contributed by atoms with E-state index in [-0.39, 0.29) is 0 Å². The fraction of sp³-hybridized carbons (Fsp3) is 0.364. The first kappa shape index (κ1) is 13.8. The zero-order valence-electron chi connectivity index (χ0n) is 8.96. The van der Waals surface area contributed by atoms with E-state index in [4.69, 9.17) is 10.5 Å². The predicted molar refractivity (Wildman–Crippen MR) is 63.0 cm³/mol. The molecule has 0 saturated heterocycles. The van der Waals surface area contributed by atoms with Crippen LogP contribution in [-0.2, 0) is 6.18 Å². The van der Waals surface area contributed by atoms with E-state index in [0.717, 1.165) is 12.1 Å². The van der Waals surface area contributed by atoms with E-state index in [1.807, 2.05) is 0 Å². The van der Waals surface area contributed by atoms with Gasteiger partial charge in [0, 0.05) is 6.42 Å². The maximum absolute atomic E-state index is 12.2. The van der Waals surface area contributed by atoms with Gasteiger partial charge < -0.3 is 10.5 Å². The van der Waals surface area contributed by atoms with Crippen LogP contribution in [0.3, 0.4) is 0 Å². The molecule has 0 bridgehead atoms. The molecule has 0 unspecified atom stereocenters. The number of rotatable bonds is 5. The number of alkyl halides is 3. The van der Waals surface area contributed by atoms with Crippen molar-refractivity contribution in [3.63, 3.8) is 0 Å². The largest absolute Gasteiger partial charge is 0.494 e. The van der Waals surface area contributed by atoms with Crippen LogP contribution in [0.15, 0.2) is 24.3 Å². The number of hydrogen-bond donors (Lipinski definition) is 1. The van der Waals surface area contributed by atoms with Gasteiger partial charge in [-0.3, -0.25) is 0 Å². The molecule has 0 radical (unpaired) electrons. The van der Waals surface area contributed by atoms with Crippen molar-refractivity contribution in [1.82, 2.24) is 0 Å². The minimum absolute atomic E-state index is 0.378. The van der Waals surface area contributed by atoms with E-state index in [0.29, 0.717) is 30.2 Å². The van der Waals surface area contributed by atoms with Crippen LogP contribution in [0.25, 0.3) is 0 Å². The molecule has 17 heavy (non-hydrogen) atoms. The van der Waals surface area contributed by atoms with E-state index < -0.39 is 11.7 Å². The van der Waals surface area contributed by atoms with Crippen LogP contribution in [-0.4, -0.2) is 11.6 Å². The van der Waals surface area contributed by atoms with Gasteiger partial charge in [-0.05, 0) is 30.7 Å². The lowest BCUT2D eigenvalue weighted by Crippen LogP contribution is -2.09. The Bertz CT molecular complexity index is 375. The Morgan fingerprint density at radius 1 is 1.24 bits per heavy atom. The molecule has 0 fully saturated rings. The number of halogens is 3. The van der Waals surface area contributed by atoms with Crippen molar-refractivity contribution < 1.29 is 17.9 Å². The minimum atomic E-state index is -4.32. The summed E-state index contributed by atoms with van der Waals surface area (Å²) < 4.78 is 42.0. The highest BCUT2D eigenvalue weighted by Gasteiger charge is 2.29. The van der Waals surface area contributed by atoms with Gasteiger partial charge in [0.2, 0.25) is 0 Å². The molecule has 0 saturated carbocycles. The molecule has 6 heteroatoms. The number of thiocarbonyl (C=S) groups is 1. The third-order valence-electron chi connectivity index (χ3n) is 2.02. The Kier molecular flexibility index (Phi) is 4.74. The average Bonchev–Trinajstić information content (AvgIpc) is 2.23. The first-order chi connectivity index (χ1) is 7.89. The molecule has 0 atom stereocenters. The SMILES string of the molecule is NC(=S)CCCOc1ccc(C(F)(F)F)cc1. The number of benzene rings is 1. The lowest BCUT2D eigenvalue weighted by molar-refractivity contribution is -0.137. The van der Waals surface area contributed by atoms with Crippen LogP contribution < -0.4 is 10.5 Å². The Morgan fingerprint density at radius 3 is 2.29 bits per heavy atom. The second-order valence-electron chi connectivity index (χ2n) is 3.44. The zero-order valence-corrected chi connectivity index (χ0v) is 9.77. The molecule has 94 valence electrons. The first-order valence-corrected chi connectivity index (χ1v) is 5.39. The van der Waals surface area contributed by atoms with Gasteiger partial charge in [-0.2, -0.15) is 13.2 Å². The van der Waals surface area contributed by atoms with Gasteiger partial charge in [0.05, 0.1) is 17.2 Å². The van der Waals surface area contributed by atoms with Crippen LogP contribution >= 0.6 is 12.2 Å². The number of nitrogens with two attached hydrogens (primary N) is 1. The van der Waals surface area contributed by atoms with Gasteiger partial charge >= 0.3 is 6.18 Å². The second kappa shape index (κ2) is 5.86. The van der Waals surface area contributed by atoms with Crippen LogP contribution in [0.4, 0.5) is 13.2 Å². The topological polar surface area (TPSA) is 35.2 Å². The summed E-state index contributed by atoms with van der Waals surface area (Å²) in [6.45, 7) is 0.378. The van der Waals surface area contributed by atoms with Crippen molar-refractivity contribution in [2.45, 2.75) is 19.0 Å². The van der Waals surface area contributed by atoms with Crippen molar-refractivity contribution in [3.8, 4) is 5.75 Å². The number of hydrogen-bond acceptors (Lipinski definition) is 2. The van der Waals surface area contributed by atoms with Crippen molar-refractivity contribution >= 4 is 17.2 Å². The molecule has 1 rings (SSSR count). The van der Waals surface area contributed by atoms with Crippen LogP contribution in [0.2, 0.25) is 0 Å². The Balaban J connectivity index is 2.43. The molecule has 0 heterocycles. The predicted octanol–water partition coefficient (Wildman–Crippen LogP) is 3.15. The van der Waals surface area contributed by atoms with E-state index in [1.54, 1.807) is 0 Å². The molecule has 2 N–H and O–H groups in total. The van der Waals surface area contributed by atoms with Gasteiger partial charge in [-0.1, -0.05) is 12.2 Å². The monoisotopic (exact) mass is 263 g/mol. The van der Waals surface area contributed by atoms with Gasteiger partial charge in [0.1, 0.15) is 5.75 Å². The van der Waals surface area contributed by atoms with Crippen molar-refractivity contribution in [2.24, 2.45) is 5.73 Å². The zero-order chi connectivity index (χ0) is 12.9. The lowest BCUT2D eigenvalue weighted by atomic mass is 10.2. The maximum Gasteiger partial charge on any atom is 0.416 e. The summed E-state index contributed by atoms with van der Waals surface area (Å²) >= 11 is 4.68. The van der Waals surface area contributed by atoms with Crippen molar-refractivity contribution in [1.29, 1.82) is 0 Å². The summed E-state index contributed by atoms with van der Waals surface area (Å²) in [5.74, 6) is 0.404. The van der Waals surface area contributed by atoms with Crippen molar-refractivity contribution in [2.75, 3.05) is 6.61 Å². The van der Waals surface area contributed by atoms with Crippen LogP contribution in [0.1, 0.15) is 18.4 Å². The third-order valence-corrected chi connectivity index (χ3v) is 2.22. The highest BCUT2D eigenvalue weighted by molar-refractivity contribution is 7.80. The molecule has 1 aromatic carbocycles. The Morgan fingerprint density at radius 2 is 1.82 bits per heavy atom. The van der Waals surface area contributed by atoms with E-state index in [2.05, 4.69) is 12.2 Å². The smallest absolute Gasteiger partial charge is 0.416 e. The highest BCUT2D eigenvalue weighted by atomic mass is 32.1. The molecular formula is C11H12F3NOS. The quantitative estimate of drug-likeness (QED) is 0.654. The van der Waals surface area contributed by atoms with Crippen LogP contribution in [0, 0.1) is 0 Å². The molecule has 0 amide bonds. The summed E-state index contributed by atoms with van der Waals surface area (Å²) in [4.78, 5) is 0.404. The maximum atomic E-state index is 12.2. The molecule has 1 aromatic rings. The van der Waals surface area contributed by atoms with Gasteiger partial charge in [-0.25, -0.2) is 0 Å². The molecule has 0 aliphatic rings. The van der Waals surface area contributed by atoms with Crippen LogP contribution in [0.5, 0.6) is 5.75 Å². The summed E-state index contributed by atoms with van der Waals surface area (Å²) in [6.07, 6.45) is -3.10. The summed E-state index contributed by atoms with van der Waals surface area (Å²) in [5.41, 5.74) is 4.60. The summed E-state index contributed by atoms with van der Waals surface area (Å²) in [7, 11) is 0.